The van der Waals surface area contributed by atoms with Crippen LogP contribution in [-0.2, 0) is 14.3 Å². The molecule has 0 saturated heterocycles. The van der Waals surface area contributed by atoms with E-state index in [-0.39, 0.29) is 12.4 Å². The molecule has 0 aliphatic heterocycles. The molecule has 168 valence electrons. The highest BCUT2D eigenvalue weighted by Crippen LogP contribution is 2.54. The largest absolute Gasteiger partial charge is 0.513 e. The van der Waals surface area contributed by atoms with E-state index in [1.54, 1.807) is 6.92 Å². The SMILES string of the molecule is CCOC(=O)OC1=C(c2cc(C)c(-c3ccc(Cl)cc3)cc2C)C(=O)CC12CCCCC2. The van der Waals surface area contributed by atoms with Crippen molar-refractivity contribution in [3.63, 3.8) is 0 Å². The number of ether oxygens (including phenoxy) is 2. The second kappa shape index (κ2) is 9.11. The van der Waals surface area contributed by atoms with E-state index < -0.39 is 11.6 Å². The second-order valence-electron chi connectivity index (χ2n) is 8.92. The molecule has 2 aliphatic carbocycles. The number of rotatable bonds is 4. The molecule has 0 bridgehead atoms. The van der Waals surface area contributed by atoms with Gasteiger partial charge in [0.15, 0.2) is 5.78 Å². The van der Waals surface area contributed by atoms with Gasteiger partial charge in [-0.1, -0.05) is 55.1 Å². The first-order valence-corrected chi connectivity index (χ1v) is 11.7. The molecule has 0 atom stereocenters. The Labute approximate surface area is 194 Å². The summed E-state index contributed by atoms with van der Waals surface area (Å²) in [5.74, 6) is 0.565. The number of ketones is 1. The molecular formula is C27H29ClO4. The first-order chi connectivity index (χ1) is 15.3. The number of carbonyl (C=O) groups is 2. The van der Waals surface area contributed by atoms with E-state index in [0.717, 1.165) is 59.9 Å². The number of benzene rings is 2. The molecule has 32 heavy (non-hydrogen) atoms. The summed E-state index contributed by atoms with van der Waals surface area (Å²) in [5.41, 5.74) is 5.17. The van der Waals surface area contributed by atoms with E-state index >= 15 is 0 Å². The lowest BCUT2D eigenvalue weighted by Crippen LogP contribution is -2.27. The predicted octanol–water partition coefficient (Wildman–Crippen LogP) is 7.43. The lowest BCUT2D eigenvalue weighted by molar-refractivity contribution is -0.114. The van der Waals surface area contributed by atoms with E-state index in [4.69, 9.17) is 21.1 Å². The fourth-order valence-electron chi connectivity index (χ4n) is 5.19. The standard InChI is InChI=1S/C27H29ClO4/c1-4-31-26(30)32-25-24(23(29)16-27(25)12-6-5-7-13-27)22-15-17(2)21(14-18(22)3)19-8-10-20(28)11-9-19/h8-11,14-15H,4-7,12-13,16H2,1-3H3. The number of aryl methyl sites for hydroxylation is 2. The number of allylic oxidation sites excluding steroid dienone is 2. The van der Waals surface area contributed by atoms with Crippen LogP contribution in [-0.4, -0.2) is 18.5 Å². The molecule has 1 fully saturated rings. The summed E-state index contributed by atoms with van der Waals surface area (Å²) >= 11 is 6.05. The van der Waals surface area contributed by atoms with Crippen molar-refractivity contribution in [2.75, 3.05) is 6.61 Å². The number of carbonyl (C=O) groups excluding carboxylic acids is 2. The molecule has 4 nitrogen and oxygen atoms in total. The van der Waals surface area contributed by atoms with Crippen molar-refractivity contribution < 1.29 is 19.1 Å². The lowest BCUT2D eigenvalue weighted by Gasteiger charge is -2.34. The first-order valence-electron chi connectivity index (χ1n) is 11.3. The van der Waals surface area contributed by atoms with Gasteiger partial charge in [-0.3, -0.25) is 4.79 Å². The van der Waals surface area contributed by atoms with Crippen LogP contribution in [0.1, 0.15) is 62.1 Å². The molecule has 2 aliphatic rings. The maximum absolute atomic E-state index is 13.3. The third kappa shape index (κ3) is 4.21. The summed E-state index contributed by atoms with van der Waals surface area (Å²) in [6.45, 7) is 6.02. The zero-order chi connectivity index (χ0) is 22.9. The van der Waals surface area contributed by atoms with Gasteiger partial charge in [0.1, 0.15) is 5.76 Å². The average Bonchev–Trinajstić information content (AvgIpc) is 3.01. The molecule has 0 radical (unpaired) electrons. The Kier molecular flexibility index (Phi) is 6.43. The van der Waals surface area contributed by atoms with Gasteiger partial charge in [-0.25, -0.2) is 4.79 Å². The van der Waals surface area contributed by atoms with Crippen LogP contribution in [0.5, 0.6) is 0 Å². The number of hydrogen-bond acceptors (Lipinski definition) is 4. The highest BCUT2D eigenvalue weighted by Gasteiger charge is 2.49. The zero-order valence-corrected chi connectivity index (χ0v) is 19.7. The minimum absolute atomic E-state index is 0.0490. The van der Waals surface area contributed by atoms with E-state index in [1.807, 2.05) is 44.2 Å². The smallest absolute Gasteiger partial charge is 0.434 e. The van der Waals surface area contributed by atoms with Crippen LogP contribution >= 0.6 is 11.6 Å². The maximum Gasteiger partial charge on any atom is 0.513 e. The van der Waals surface area contributed by atoms with Gasteiger partial charge in [-0.15, -0.1) is 0 Å². The van der Waals surface area contributed by atoms with Crippen molar-refractivity contribution in [2.45, 2.75) is 59.3 Å². The summed E-state index contributed by atoms with van der Waals surface area (Å²) in [6, 6.07) is 11.9. The van der Waals surface area contributed by atoms with Crippen LogP contribution in [0, 0.1) is 19.3 Å². The highest BCUT2D eigenvalue weighted by atomic mass is 35.5. The Morgan fingerprint density at radius 1 is 1.00 bits per heavy atom. The summed E-state index contributed by atoms with van der Waals surface area (Å²) in [7, 11) is 0. The Hall–Kier alpha value is -2.59. The van der Waals surface area contributed by atoms with Crippen LogP contribution in [0.25, 0.3) is 16.7 Å². The normalized spacial score (nSPS) is 17.7. The van der Waals surface area contributed by atoms with Crippen LogP contribution in [0.15, 0.2) is 42.2 Å². The topological polar surface area (TPSA) is 52.6 Å². The van der Waals surface area contributed by atoms with Crippen molar-refractivity contribution in [1.29, 1.82) is 0 Å². The molecule has 1 saturated carbocycles. The van der Waals surface area contributed by atoms with Crippen molar-refractivity contribution in [1.82, 2.24) is 0 Å². The van der Waals surface area contributed by atoms with Crippen molar-refractivity contribution >= 4 is 29.1 Å². The fourth-order valence-corrected chi connectivity index (χ4v) is 5.31. The van der Waals surface area contributed by atoms with Crippen molar-refractivity contribution in [3.05, 3.63) is 63.9 Å². The molecule has 4 rings (SSSR count). The van der Waals surface area contributed by atoms with Gasteiger partial charge in [0.05, 0.1) is 12.2 Å². The molecule has 2 aromatic rings. The van der Waals surface area contributed by atoms with Gasteiger partial charge in [0.25, 0.3) is 0 Å². The van der Waals surface area contributed by atoms with Gasteiger partial charge < -0.3 is 9.47 Å². The second-order valence-corrected chi connectivity index (χ2v) is 9.36. The molecule has 2 aromatic carbocycles. The quantitative estimate of drug-likeness (QED) is 0.452. The van der Waals surface area contributed by atoms with Gasteiger partial charge in [0.2, 0.25) is 0 Å². The molecule has 5 heteroatoms. The Bertz CT molecular complexity index is 1080. The molecule has 0 amide bonds. The lowest BCUT2D eigenvalue weighted by atomic mass is 9.72. The van der Waals surface area contributed by atoms with Crippen molar-refractivity contribution in [2.24, 2.45) is 5.41 Å². The molecular weight excluding hydrogens is 424 g/mol. The third-order valence-corrected chi connectivity index (χ3v) is 6.99. The average molecular weight is 453 g/mol. The minimum atomic E-state index is -0.730. The van der Waals surface area contributed by atoms with Crippen LogP contribution in [0.3, 0.4) is 0 Å². The van der Waals surface area contributed by atoms with Gasteiger partial charge in [-0.05, 0) is 73.6 Å². The molecule has 0 aromatic heterocycles. The van der Waals surface area contributed by atoms with Crippen LogP contribution < -0.4 is 0 Å². The van der Waals surface area contributed by atoms with E-state index in [9.17, 15) is 9.59 Å². The summed E-state index contributed by atoms with van der Waals surface area (Å²) < 4.78 is 10.9. The van der Waals surface area contributed by atoms with Crippen molar-refractivity contribution in [3.8, 4) is 11.1 Å². The van der Waals surface area contributed by atoms with E-state index in [0.29, 0.717) is 22.8 Å². The number of Topliss-reactive ketones (excluding diaryl/α,β-unsaturated/α-hetero) is 1. The summed E-state index contributed by atoms with van der Waals surface area (Å²) in [5, 5.41) is 0.694. The highest BCUT2D eigenvalue weighted by molar-refractivity contribution is 6.30. The van der Waals surface area contributed by atoms with Crippen LogP contribution in [0.4, 0.5) is 4.79 Å². The number of hydrogen-bond donors (Lipinski definition) is 0. The maximum atomic E-state index is 13.3. The van der Waals surface area contributed by atoms with Gasteiger partial charge >= 0.3 is 6.16 Å². The minimum Gasteiger partial charge on any atom is -0.434 e. The zero-order valence-electron chi connectivity index (χ0n) is 18.9. The molecule has 0 heterocycles. The predicted molar refractivity (Wildman–Crippen MR) is 127 cm³/mol. The molecule has 1 spiro atoms. The summed E-state index contributed by atoms with van der Waals surface area (Å²) in [4.78, 5) is 25.7. The Morgan fingerprint density at radius 2 is 1.62 bits per heavy atom. The van der Waals surface area contributed by atoms with Gasteiger partial charge in [-0.2, -0.15) is 0 Å². The van der Waals surface area contributed by atoms with Gasteiger partial charge in [0, 0.05) is 16.9 Å². The first kappa shape index (κ1) is 22.6. The fraction of sp³-hybridized carbons (Fsp3) is 0.407. The monoisotopic (exact) mass is 452 g/mol. The Morgan fingerprint density at radius 3 is 2.28 bits per heavy atom. The molecule has 0 N–H and O–H groups in total. The van der Waals surface area contributed by atoms with E-state index in [2.05, 4.69) is 6.07 Å². The molecule has 0 unspecified atom stereocenters. The van der Waals surface area contributed by atoms with E-state index in [1.165, 1.54) is 0 Å². The summed E-state index contributed by atoms with van der Waals surface area (Å²) in [6.07, 6.45) is 4.59. The number of halogens is 1. The Balaban J connectivity index is 1.83. The van der Waals surface area contributed by atoms with Crippen LogP contribution in [0.2, 0.25) is 5.02 Å². The third-order valence-electron chi connectivity index (χ3n) is 6.74.